The number of para-hydroxylation sites is 1. The first-order valence-corrected chi connectivity index (χ1v) is 10.4. The maximum atomic E-state index is 12.1. The van der Waals surface area contributed by atoms with Crippen LogP contribution in [0.3, 0.4) is 0 Å². The average molecular weight is 422 g/mol. The fourth-order valence-corrected chi connectivity index (χ4v) is 4.13. The molecule has 1 aromatic heterocycles. The topological polar surface area (TPSA) is 77.5 Å². The largest absolute Gasteiger partial charge is 0.457 e. The highest BCUT2D eigenvalue weighted by atomic mass is 16.5. The number of carbonyl (C=O) groups is 1. The highest BCUT2D eigenvalue weighted by Crippen LogP contribution is 2.33. The number of ether oxygens (including phenoxy) is 1. The molecule has 0 saturated carbocycles. The zero-order chi connectivity index (χ0) is 22.1. The van der Waals surface area contributed by atoms with E-state index in [1.165, 1.54) is 0 Å². The van der Waals surface area contributed by atoms with Gasteiger partial charge in [-0.2, -0.15) is 0 Å². The summed E-state index contributed by atoms with van der Waals surface area (Å²) in [5, 5.41) is 11.4. The first-order valence-electron chi connectivity index (χ1n) is 10.4. The maximum Gasteiger partial charge on any atom is 0.249 e. The van der Waals surface area contributed by atoms with Crippen molar-refractivity contribution < 1.29 is 14.6 Å². The quantitative estimate of drug-likeness (QED) is 0.393. The number of aliphatic hydroxyl groups is 1. The highest BCUT2D eigenvalue weighted by Gasteiger charge is 2.17. The second kappa shape index (κ2) is 8.21. The number of carbonyl (C=O) groups excluding carboxylic acids is 1. The van der Waals surface area contributed by atoms with Crippen molar-refractivity contribution in [2.45, 2.75) is 13.2 Å². The number of hydrogen-bond donors (Lipinski definition) is 2. The molecule has 5 heteroatoms. The molecule has 1 amide bonds. The molecule has 5 aromatic rings. The molecule has 4 aromatic carbocycles. The van der Waals surface area contributed by atoms with Crippen molar-refractivity contribution in [1.82, 2.24) is 4.57 Å². The van der Waals surface area contributed by atoms with E-state index in [1.807, 2.05) is 84.9 Å². The molecule has 0 aliphatic carbocycles. The summed E-state index contributed by atoms with van der Waals surface area (Å²) in [6.07, 6.45) is 0. The smallest absolute Gasteiger partial charge is 0.249 e. The number of rotatable bonds is 6. The Morgan fingerprint density at radius 2 is 1.53 bits per heavy atom. The Morgan fingerprint density at radius 3 is 2.25 bits per heavy atom. The summed E-state index contributed by atoms with van der Waals surface area (Å²) in [7, 11) is 0. The second-order valence-corrected chi connectivity index (χ2v) is 7.72. The van der Waals surface area contributed by atoms with Gasteiger partial charge in [0.2, 0.25) is 5.91 Å². The second-order valence-electron chi connectivity index (χ2n) is 7.72. The van der Waals surface area contributed by atoms with Gasteiger partial charge in [-0.1, -0.05) is 48.5 Å². The van der Waals surface area contributed by atoms with Crippen LogP contribution in [0.4, 0.5) is 0 Å². The van der Waals surface area contributed by atoms with Crippen LogP contribution in [-0.2, 0) is 13.2 Å². The van der Waals surface area contributed by atoms with E-state index in [2.05, 4.69) is 4.57 Å². The summed E-state index contributed by atoms with van der Waals surface area (Å²) in [5.41, 5.74) is 9.94. The predicted octanol–water partition coefficient (Wildman–Crippen LogP) is 5.23. The zero-order valence-corrected chi connectivity index (χ0v) is 17.4. The normalized spacial score (nSPS) is 11.2. The predicted molar refractivity (Wildman–Crippen MR) is 126 cm³/mol. The molecule has 0 aliphatic rings. The molecule has 0 spiro atoms. The maximum absolute atomic E-state index is 12.1. The van der Waals surface area contributed by atoms with Crippen LogP contribution in [0.1, 0.15) is 21.5 Å². The monoisotopic (exact) mass is 422 g/mol. The minimum Gasteiger partial charge on any atom is -0.457 e. The fraction of sp³-hybridized carbons (Fsp3) is 0.0741. The summed E-state index contributed by atoms with van der Waals surface area (Å²) < 4.78 is 8.05. The summed E-state index contributed by atoms with van der Waals surface area (Å²) in [6, 6.07) is 29.0. The van der Waals surface area contributed by atoms with Crippen LogP contribution in [0.25, 0.3) is 21.8 Å². The number of amides is 1. The first kappa shape index (κ1) is 19.8. The van der Waals surface area contributed by atoms with E-state index in [9.17, 15) is 9.90 Å². The Bertz CT molecular complexity index is 1420. The number of aliphatic hydroxyl groups excluding tert-OH is 1. The van der Waals surface area contributed by atoms with Crippen LogP contribution >= 0.6 is 0 Å². The number of primary amides is 1. The Labute approximate surface area is 185 Å². The van der Waals surface area contributed by atoms with Gasteiger partial charge in [0.1, 0.15) is 11.5 Å². The zero-order valence-electron chi connectivity index (χ0n) is 17.4. The van der Waals surface area contributed by atoms with Crippen molar-refractivity contribution in [2.24, 2.45) is 5.73 Å². The lowest BCUT2D eigenvalue weighted by Crippen LogP contribution is -2.11. The van der Waals surface area contributed by atoms with Crippen molar-refractivity contribution in [1.29, 1.82) is 0 Å². The molecule has 32 heavy (non-hydrogen) atoms. The van der Waals surface area contributed by atoms with Crippen molar-refractivity contribution in [3.05, 3.63) is 108 Å². The fourth-order valence-electron chi connectivity index (χ4n) is 4.13. The third-order valence-electron chi connectivity index (χ3n) is 5.65. The van der Waals surface area contributed by atoms with Crippen LogP contribution in [0.5, 0.6) is 11.5 Å². The van der Waals surface area contributed by atoms with Crippen LogP contribution in [-0.4, -0.2) is 15.6 Å². The molecular weight excluding hydrogens is 400 g/mol. The molecule has 0 aliphatic heterocycles. The Kier molecular flexibility index (Phi) is 5.09. The van der Waals surface area contributed by atoms with Gasteiger partial charge in [0.15, 0.2) is 0 Å². The molecule has 158 valence electrons. The summed E-state index contributed by atoms with van der Waals surface area (Å²) in [6.45, 7) is 0.550. The minimum absolute atomic E-state index is 0.0499. The van der Waals surface area contributed by atoms with Gasteiger partial charge in [-0.25, -0.2) is 0 Å². The van der Waals surface area contributed by atoms with Gasteiger partial charge in [0, 0.05) is 28.4 Å². The average Bonchev–Trinajstić information content (AvgIpc) is 3.13. The molecular formula is C27H22N2O3. The number of nitrogens with zero attached hydrogens (tertiary/aromatic N) is 1. The van der Waals surface area contributed by atoms with E-state index < -0.39 is 5.91 Å². The van der Waals surface area contributed by atoms with E-state index in [-0.39, 0.29) is 6.61 Å². The lowest BCUT2D eigenvalue weighted by molar-refractivity contribution is 0.100. The molecule has 0 saturated heterocycles. The van der Waals surface area contributed by atoms with Crippen molar-refractivity contribution in [2.75, 3.05) is 0 Å². The summed E-state index contributed by atoms with van der Waals surface area (Å²) in [4.78, 5) is 12.1. The number of fused-ring (bicyclic) bond motifs is 3. The van der Waals surface area contributed by atoms with Crippen LogP contribution in [0, 0.1) is 0 Å². The third kappa shape index (κ3) is 3.59. The van der Waals surface area contributed by atoms with Gasteiger partial charge in [0.25, 0.3) is 0 Å². The Morgan fingerprint density at radius 1 is 0.812 bits per heavy atom. The Balaban J connectivity index is 1.57. The van der Waals surface area contributed by atoms with Gasteiger partial charge in [0.05, 0.1) is 12.1 Å². The summed E-state index contributed by atoms with van der Waals surface area (Å²) in [5.74, 6) is 1.10. The lowest BCUT2D eigenvalue weighted by atomic mass is 10.0. The highest BCUT2D eigenvalue weighted by molar-refractivity contribution is 6.17. The molecule has 0 radical (unpaired) electrons. The van der Waals surface area contributed by atoms with E-state index >= 15 is 0 Å². The van der Waals surface area contributed by atoms with Gasteiger partial charge in [-0.15, -0.1) is 0 Å². The standard InChI is InChI=1S/C27H22N2O3/c28-27(31)23-7-4-8-24-26(23)22-14-11-19(17-30)15-25(22)29(24)16-18-9-12-21(13-10-18)32-20-5-2-1-3-6-20/h1-15,30H,16-17H2,(H2,28,31). The molecule has 0 unspecified atom stereocenters. The summed E-state index contributed by atoms with van der Waals surface area (Å²) >= 11 is 0. The van der Waals surface area contributed by atoms with Crippen molar-refractivity contribution in [3.63, 3.8) is 0 Å². The molecule has 0 atom stereocenters. The Hall–Kier alpha value is -4.09. The number of nitrogens with two attached hydrogens (primary N) is 1. The molecule has 5 nitrogen and oxygen atoms in total. The molecule has 1 heterocycles. The molecule has 3 N–H and O–H groups in total. The van der Waals surface area contributed by atoms with Gasteiger partial charge < -0.3 is 20.1 Å². The minimum atomic E-state index is -0.455. The van der Waals surface area contributed by atoms with E-state index in [4.69, 9.17) is 10.5 Å². The number of hydrogen-bond acceptors (Lipinski definition) is 3. The van der Waals surface area contributed by atoms with Gasteiger partial charge in [-0.05, 0) is 53.6 Å². The van der Waals surface area contributed by atoms with E-state index in [1.54, 1.807) is 6.07 Å². The van der Waals surface area contributed by atoms with E-state index in [0.29, 0.717) is 12.1 Å². The number of aromatic nitrogens is 1. The van der Waals surface area contributed by atoms with Crippen LogP contribution in [0.15, 0.2) is 91.0 Å². The first-order chi connectivity index (χ1) is 15.6. The van der Waals surface area contributed by atoms with Crippen LogP contribution in [0.2, 0.25) is 0 Å². The SMILES string of the molecule is NC(=O)c1cccc2c1c1ccc(CO)cc1n2Cc1ccc(Oc2ccccc2)cc1. The van der Waals surface area contributed by atoms with Crippen LogP contribution < -0.4 is 10.5 Å². The molecule has 0 fully saturated rings. The van der Waals surface area contributed by atoms with E-state index in [0.717, 1.165) is 44.4 Å². The number of benzene rings is 4. The van der Waals surface area contributed by atoms with Gasteiger partial charge in [-0.3, -0.25) is 4.79 Å². The molecule has 0 bridgehead atoms. The van der Waals surface area contributed by atoms with Crippen molar-refractivity contribution in [3.8, 4) is 11.5 Å². The molecule has 5 rings (SSSR count). The van der Waals surface area contributed by atoms with Gasteiger partial charge >= 0.3 is 0 Å². The van der Waals surface area contributed by atoms with Crippen molar-refractivity contribution >= 4 is 27.7 Å². The lowest BCUT2D eigenvalue weighted by Gasteiger charge is -2.10. The third-order valence-corrected chi connectivity index (χ3v) is 5.65.